The maximum Gasteiger partial charge on any atom is 0.253 e. The molecule has 3 aromatic rings. The van der Waals surface area contributed by atoms with E-state index in [1.165, 1.54) is 11.1 Å². The third-order valence-corrected chi connectivity index (χ3v) is 4.65. The fraction of sp³-hybridized carbons (Fsp3) is 0.217. The number of anilines is 2. The highest BCUT2D eigenvalue weighted by atomic mass is 16.5. The summed E-state index contributed by atoms with van der Waals surface area (Å²) < 4.78 is 5.31. The molecule has 2 N–H and O–H groups in total. The summed E-state index contributed by atoms with van der Waals surface area (Å²) in [5, 5.41) is 6.28. The van der Waals surface area contributed by atoms with Crippen LogP contribution in [0.2, 0.25) is 0 Å². The second-order valence-electron chi connectivity index (χ2n) is 6.51. The lowest BCUT2D eigenvalue weighted by atomic mass is 10.1. The number of aromatic nitrogens is 1. The Bertz CT molecular complexity index is 952. The fourth-order valence-corrected chi connectivity index (χ4v) is 3.06. The molecule has 0 atom stereocenters. The third-order valence-electron chi connectivity index (χ3n) is 4.65. The van der Waals surface area contributed by atoms with E-state index in [2.05, 4.69) is 47.7 Å². The van der Waals surface area contributed by atoms with Crippen LogP contribution < -0.4 is 15.4 Å². The molecule has 144 valence electrons. The van der Waals surface area contributed by atoms with Gasteiger partial charge in [-0.1, -0.05) is 43.3 Å². The van der Waals surface area contributed by atoms with Gasteiger partial charge in [0.2, 0.25) is 0 Å². The lowest BCUT2D eigenvalue weighted by Gasteiger charge is -2.14. The van der Waals surface area contributed by atoms with Crippen molar-refractivity contribution in [2.24, 2.45) is 0 Å². The van der Waals surface area contributed by atoms with E-state index in [-0.39, 0.29) is 5.91 Å². The fourth-order valence-electron chi connectivity index (χ4n) is 3.06. The molecular formula is C23H25N3O2. The first-order chi connectivity index (χ1) is 13.6. The zero-order valence-electron chi connectivity index (χ0n) is 16.5. The van der Waals surface area contributed by atoms with Crippen molar-refractivity contribution in [2.45, 2.75) is 26.8 Å². The number of methoxy groups -OCH3 is 1. The summed E-state index contributed by atoms with van der Waals surface area (Å²) in [5.74, 6) is 1.30. The highest BCUT2D eigenvalue weighted by Gasteiger charge is 2.09. The van der Waals surface area contributed by atoms with E-state index >= 15 is 0 Å². The Morgan fingerprint density at radius 2 is 1.82 bits per heavy atom. The van der Waals surface area contributed by atoms with Gasteiger partial charge < -0.3 is 15.4 Å². The van der Waals surface area contributed by atoms with Gasteiger partial charge in [0, 0.05) is 24.0 Å². The maximum atomic E-state index is 12.4. The van der Waals surface area contributed by atoms with E-state index < -0.39 is 0 Å². The van der Waals surface area contributed by atoms with Crippen LogP contribution in [0.15, 0.2) is 60.8 Å². The zero-order chi connectivity index (χ0) is 19.9. The molecule has 0 unspecified atom stereocenters. The van der Waals surface area contributed by atoms with Crippen LogP contribution in [0.25, 0.3) is 0 Å². The van der Waals surface area contributed by atoms with E-state index in [0.717, 1.165) is 23.4 Å². The van der Waals surface area contributed by atoms with Gasteiger partial charge in [-0.05, 0) is 42.7 Å². The number of aryl methyl sites for hydroxylation is 2. The van der Waals surface area contributed by atoms with Gasteiger partial charge in [0.05, 0.1) is 12.7 Å². The Kier molecular flexibility index (Phi) is 6.27. The van der Waals surface area contributed by atoms with Gasteiger partial charge >= 0.3 is 0 Å². The Hall–Kier alpha value is -3.34. The minimum absolute atomic E-state index is 0.171. The molecule has 5 heteroatoms. The lowest BCUT2D eigenvalue weighted by Crippen LogP contribution is -2.23. The molecule has 0 spiro atoms. The van der Waals surface area contributed by atoms with Crippen LogP contribution in [0.5, 0.6) is 5.75 Å². The first kappa shape index (κ1) is 19.4. The molecule has 28 heavy (non-hydrogen) atoms. The molecule has 1 amide bonds. The molecule has 0 aliphatic carbocycles. The lowest BCUT2D eigenvalue weighted by molar-refractivity contribution is 0.0950. The third kappa shape index (κ3) is 4.49. The summed E-state index contributed by atoms with van der Waals surface area (Å²) in [6, 6.07) is 17.5. The number of pyridine rings is 1. The van der Waals surface area contributed by atoms with Crippen molar-refractivity contribution in [1.29, 1.82) is 0 Å². The van der Waals surface area contributed by atoms with Crippen molar-refractivity contribution in [1.82, 2.24) is 10.3 Å². The number of nitrogens with one attached hydrogen (secondary N) is 2. The van der Waals surface area contributed by atoms with E-state index in [9.17, 15) is 4.79 Å². The van der Waals surface area contributed by atoms with Gasteiger partial charge in [-0.2, -0.15) is 0 Å². The largest absolute Gasteiger partial charge is 0.496 e. The zero-order valence-corrected chi connectivity index (χ0v) is 16.5. The number of amides is 1. The van der Waals surface area contributed by atoms with Crippen LogP contribution in [-0.4, -0.2) is 18.0 Å². The molecule has 0 saturated carbocycles. The minimum Gasteiger partial charge on any atom is -0.496 e. The second-order valence-corrected chi connectivity index (χ2v) is 6.51. The van der Waals surface area contributed by atoms with Crippen molar-refractivity contribution >= 4 is 17.4 Å². The van der Waals surface area contributed by atoms with Crippen LogP contribution in [0.1, 0.15) is 34.0 Å². The maximum absolute atomic E-state index is 12.4. The van der Waals surface area contributed by atoms with Crippen LogP contribution in [0, 0.1) is 6.92 Å². The minimum atomic E-state index is -0.171. The summed E-state index contributed by atoms with van der Waals surface area (Å²) >= 11 is 0. The van der Waals surface area contributed by atoms with Crippen LogP contribution in [0.4, 0.5) is 11.5 Å². The van der Waals surface area contributed by atoms with Gasteiger partial charge in [0.25, 0.3) is 5.91 Å². The quantitative estimate of drug-likeness (QED) is 0.632. The number of benzene rings is 2. The Labute approximate surface area is 165 Å². The SMILES string of the molecule is CCc1cccc(C)c1Nc1ccc(C(=O)NCc2ccccc2OC)cn1. The molecule has 0 aliphatic rings. The number of nitrogens with zero attached hydrogens (tertiary/aromatic N) is 1. The van der Waals surface area contributed by atoms with Gasteiger partial charge in [-0.3, -0.25) is 4.79 Å². The molecule has 0 radical (unpaired) electrons. The summed E-state index contributed by atoms with van der Waals surface area (Å²) in [5.41, 5.74) is 4.92. The van der Waals surface area contributed by atoms with Crippen LogP contribution in [-0.2, 0) is 13.0 Å². The molecule has 1 aromatic heterocycles. The van der Waals surface area contributed by atoms with Crippen molar-refractivity contribution in [3.8, 4) is 5.75 Å². The molecule has 1 heterocycles. The van der Waals surface area contributed by atoms with E-state index in [0.29, 0.717) is 17.9 Å². The molecular weight excluding hydrogens is 350 g/mol. The Morgan fingerprint density at radius 3 is 2.54 bits per heavy atom. The van der Waals surface area contributed by atoms with Crippen LogP contribution >= 0.6 is 0 Å². The summed E-state index contributed by atoms with van der Waals surface area (Å²) in [6.45, 7) is 4.59. The number of carbonyl (C=O) groups is 1. The van der Waals surface area contributed by atoms with Crippen molar-refractivity contribution in [3.05, 3.63) is 83.0 Å². The molecule has 0 aliphatic heterocycles. The van der Waals surface area contributed by atoms with Crippen LogP contribution in [0.3, 0.4) is 0 Å². The molecule has 2 aromatic carbocycles. The number of hydrogen-bond donors (Lipinski definition) is 2. The smallest absolute Gasteiger partial charge is 0.253 e. The van der Waals surface area contributed by atoms with Gasteiger partial charge in [0.1, 0.15) is 11.6 Å². The van der Waals surface area contributed by atoms with Crippen molar-refractivity contribution in [2.75, 3.05) is 12.4 Å². The summed E-state index contributed by atoms with van der Waals surface area (Å²) in [7, 11) is 1.62. The molecule has 5 nitrogen and oxygen atoms in total. The highest BCUT2D eigenvalue weighted by Crippen LogP contribution is 2.24. The Balaban J connectivity index is 1.66. The topological polar surface area (TPSA) is 63.2 Å². The standard InChI is InChI=1S/C23H25N3O2/c1-4-17-10-7-8-16(2)22(17)26-21-13-12-19(15-24-21)23(27)25-14-18-9-5-6-11-20(18)28-3/h5-13,15H,4,14H2,1-3H3,(H,24,26)(H,25,27). The number of hydrogen-bond acceptors (Lipinski definition) is 4. The highest BCUT2D eigenvalue weighted by molar-refractivity contribution is 5.94. The average Bonchev–Trinajstić information content (AvgIpc) is 2.74. The number of carbonyl (C=O) groups excluding carboxylic acids is 1. The normalized spacial score (nSPS) is 10.4. The summed E-state index contributed by atoms with van der Waals surface area (Å²) in [6.07, 6.45) is 2.53. The Morgan fingerprint density at radius 1 is 1.04 bits per heavy atom. The van der Waals surface area contributed by atoms with Crippen molar-refractivity contribution < 1.29 is 9.53 Å². The number of ether oxygens (including phenoxy) is 1. The van der Waals surface area contributed by atoms with E-state index in [1.807, 2.05) is 30.3 Å². The van der Waals surface area contributed by atoms with Gasteiger partial charge in [0.15, 0.2) is 0 Å². The average molecular weight is 375 g/mol. The second kappa shape index (κ2) is 9.04. The molecule has 0 bridgehead atoms. The van der Waals surface area contributed by atoms with Gasteiger partial charge in [-0.25, -0.2) is 4.98 Å². The molecule has 0 saturated heterocycles. The summed E-state index contributed by atoms with van der Waals surface area (Å²) in [4.78, 5) is 16.8. The van der Waals surface area contributed by atoms with Crippen molar-refractivity contribution in [3.63, 3.8) is 0 Å². The first-order valence-corrected chi connectivity index (χ1v) is 9.34. The number of rotatable bonds is 7. The number of para-hydroxylation sites is 2. The molecule has 0 fully saturated rings. The predicted molar refractivity (Wildman–Crippen MR) is 112 cm³/mol. The van der Waals surface area contributed by atoms with Gasteiger partial charge in [-0.15, -0.1) is 0 Å². The monoisotopic (exact) mass is 375 g/mol. The van der Waals surface area contributed by atoms with E-state index in [1.54, 1.807) is 19.4 Å². The first-order valence-electron chi connectivity index (χ1n) is 9.34. The van der Waals surface area contributed by atoms with E-state index in [4.69, 9.17) is 4.74 Å². The predicted octanol–water partition coefficient (Wildman–Crippen LogP) is 4.63. The molecule has 3 rings (SSSR count).